The van der Waals surface area contributed by atoms with E-state index in [1.807, 2.05) is 30.3 Å². The number of amides is 2. The van der Waals surface area contributed by atoms with Crippen LogP contribution in [0.25, 0.3) is 16.7 Å². The third kappa shape index (κ3) is 2.25. The van der Waals surface area contributed by atoms with Crippen LogP contribution in [0, 0.1) is 0 Å². The average Bonchev–Trinajstić information content (AvgIpc) is 2.94. The maximum Gasteiger partial charge on any atom is 0.319 e. The zero-order valence-electron chi connectivity index (χ0n) is 13.1. The number of carbonyl (C=O) groups excluding carboxylic acids is 1. The highest BCUT2D eigenvalue weighted by Gasteiger charge is 2.18. The van der Waals surface area contributed by atoms with E-state index in [1.54, 1.807) is 0 Å². The van der Waals surface area contributed by atoms with E-state index in [2.05, 4.69) is 41.2 Å². The van der Waals surface area contributed by atoms with Crippen molar-refractivity contribution < 1.29 is 4.79 Å². The first-order valence-corrected chi connectivity index (χ1v) is 7.79. The number of imidazole rings is 1. The molecule has 2 amide bonds. The van der Waals surface area contributed by atoms with Crippen molar-refractivity contribution in [3.63, 3.8) is 0 Å². The minimum Gasteiger partial charge on any atom is -0.334 e. The lowest BCUT2D eigenvalue weighted by Gasteiger charge is -2.20. The van der Waals surface area contributed by atoms with Gasteiger partial charge in [0.15, 0.2) is 0 Å². The molecule has 0 saturated carbocycles. The van der Waals surface area contributed by atoms with Crippen LogP contribution in [-0.4, -0.2) is 15.6 Å². The van der Waals surface area contributed by atoms with Crippen molar-refractivity contribution in [2.75, 3.05) is 5.32 Å². The van der Waals surface area contributed by atoms with Crippen LogP contribution < -0.4 is 10.6 Å². The van der Waals surface area contributed by atoms with Crippen LogP contribution in [0.3, 0.4) is 0 Å². The lowest BCUT2D eigenvalue weighted by Crippen LogP contribution is -2.33. The van der Waals surface area contributed by atoms with Crippen LogP contribution in [-0.2, 0) is 6.54 Å². The number of nitrogens with one attached hydrogen (secondary N) is 2. The number of hydrogen-bond donors (Lipinski definition) is 2. The molecule has 0 saturated heterocycles. The summed E-state index contributed by atoms with van der Waals surface area (Å²) in [5.41, 5.74) is 5.12. The number of carbonyl (C=O) groups is 1. The molecule has 3 aromatic rings. The summed E-state index contributed by atoms with van der Waals surface area (Å²) in [6, 6.07) is 14.1. The van der Waals surface area contributed by atoms with Gasteiger partial charge in [-0.15, -0.1) is 0 Å². The van der Waals surface area contributed by atoms with Gasteiger partial charge >= 0.3 is 6.03 Å². The molecule has 5 nitrogen and oxygen atoms in total. The van der Waals surface area contributed by atoms with Crippen LogP contribution in [0.5, 0.6) is 0 Å². The van der Waals surface area contributed by atoms with Gasteiger partial charge in [0, 0.05) is 23.8 Å². The van der Waals surface area contributed by atoms with E-state index in [0.29, 0.717) is 12.5 Å². The number of hydrogen-bond acceptors (Lipinski definition) is 2. The van der Waals surface area contributed by atoms with Gasteiger partial charge in [-0.2, -0.15) is 0 Å². The van der Waals surface area contributed by atoms with Crippen LogP contribution in [0.1, 0.15) is 31.2 Å². The van der Waals surface area contributed by atoms with E-state index in [4.69, 9.17) is 4.98 Å². The summed E-state index contributed by atoms with van der Waals surface area (Å²) >= 11 is 0. The lowest BCUT2D eigenvalue weighted by molar-refractivity contribution is 0.251. The topological polar surface area (TPSA) is 59.0 Å². The average molecular weight is 306 g/mol. The Morgan fingerprint density at radius 1 is 1.17 bits per heavy atom. The van der Waals surface area contributed by atoms with Gasteiger partial charge in [-0.1, -0.05) is 26.0 Å². The fourth-order valence-corrected chi connectivity index (χ4v) is 3.03. The zero-order chi connectivity index (χ0) is 16.0. The molecule has 0 spiro atoms. The predicted octanol–water partition coefficient (Wildman–Crippen LogP) is 3.78. The first-order chi connectivity index (χ1) is 11.1. The zero-order valence-corrected chi connectivity index (χ0v) is 13.1. The summed E-state index contributed by atoms with van der Waals surface area (Å²) in [6.07, 6.45) is 0. The largest absolute Gasteiger partial charge is 0.334 e. The molecule has 2 N–H and O–H groups in total. The Morgan fingerprint density at radius 2 is 2.00 bits per heavy atom. The minimum atomic E-state index is -0.152. The molecule has 0 bridgehead atoms. The van der Waals surface area contributed by atoms with Crippen molar-refractivity contribution in [1.29, 1.82) is 0 Å². The van der Waals surface area contributed by atoms with Crippen LogP contribution >= 0.6 is 0 Å². The van der Waals surface area contributed by atoms with E-state index in [9.17, 15) is 4.79 Å². The molecule has 1 aliphatic heterocycles. The summed E-state index contributed by atoms with van der Waals surface area (Å²) in [5.74, 6) is 1.36. The van der Waals surface area contributed by atoms with Crippen LogP contribution in [0.4, 0.5) is 10.5 Å². The van der Waals surface area contributed by atoms with Crippen molar-refractivity contribution in [1.82, 2.24) is 14.9 Å². The van der Waals surface area contributed by atoms with Gasteiger partial charge < -0.3 is 10.6 Å². The molecule has 0 fully saturated rings. The molecule has 2 heterocycles. The van der Waals surface area contributed by atoms with Gasteiger partial charge in [0.25, 0.3) is 0 Å². The number of fused-ring (bicyclic) bond motifs is 2. The molecule has 0 atom stereocenters. The second-order valence-electron chi connectivity index (χ2n) is 6.10. The monoisotopic (exact) mass is 306 g/mol. The Morgan fingerprint density at radius 3 is 2.83 bits per heavy atom. The molecular formula is C18H18N4O. The van der Waals surface area contributed by atoms with Gasteiger partial charge in [0.1, 0.15) is 5.82 Å². The first kappa shape index (κ1) is 13.8. The normalized spacial score (nSPS) is 13.8. The molecule has 116 valence electrons. The number of rotatable bonds is 2. The molecule has 0 unspecified atom stereocenters. The molecule has 23 heavy (non-hydrogen) atoms. The summed E-state index contributed by atoms with van der Waals surface area (Å²) in [6.45, 7) is 4.84. The second-order valence-corrected chi connectivity index (χ2v) is 6.10. The van der Waals surface area contributed by atoms with Gasteiger partial charge in [0.05, 0.1) is 11.0 Å². The Bertz CT molecular complexity index is 911. The van der Waals surface area contributed by atoms with Gasteiger partial charge in [-0.3, -0.25) is 4.57 Å². The van der Waals surface area contributed by atoms with Crippen molar-refractivity contribution in [3.8, 4) is 5.69 Å². The van der Waals surface area contributed by atoms with Gasteiger partial charge in [0.2, 0.25) is 0 Å². The number of anilines is 1. The number of nitrogens with zero attached hydrogens (tertiary/aromatic N) is 2. The number of para-hydroxylation sites is 2. The fourth-order valence-electron chi connectivity index (χ4n) is 3.03. The maximum atomic E-state index is 11.4. The maximum absolute atomic E-state index is 11.4. The van der Waals surface area contributed by atoms with E-state index >= 15 is 0 Å². The molecule has 1 aliphatic rings. The molecule has 0 radical (unpaired) electrons. The Labute approximate surface area is 134 Å². The quantitative estimate of drug-likeness (QED) is 0.757. The highest BCUT2D eigenvalue weighted by Crippen LogP contribution is 2.29. The van der Waals surface area contributed by atoms with Crippen molar-refractivity contribution in [2.45, 2.75) is 26.3 Å². The summed E-state index contributed by atoms with van der Waals surface area (Å²) < 4.78 is 2.21. The van der Waals surface area contributed by atoms with Crippen molar-refractivity contribution >= 4 is 22.8 Å². The fraction of sp³-hybridized carbons (Fsp3) is 0.222. The standard InChI is InChI=1S/C18H18N4O/c1-11(2)17-20-15-5-3-4-6-16(15)22(17)13-7-8-14-12(9-13)10-19-18(23)21-14/h3-9,11H,10H2,1-2H3,(H2,19,21,23). The first-order valence-electron chi connectivity index (χ1n) is 7.79. The van der Waals surface area contributed by atoms with Crippen LogP contribution in [0.2, 0.25) is 0 Å². The lowest BCUT2D eigenvalue weighted by atomic mass is 10.1. The molecule has 4 rings (SSSR count). The molecular weight excluding hydrogens is 288 g/mol. The number of aromatic nitrogens is 2. The number of urea groups is 1. The highest BCUT2D eigenvalue weighted by atomic mass is 16.2. The third-order valence-electron chi connectivity index (χ3n) is 4.14. The van der Waals surface area contributed by atoms with Crippen molar-refractivity contribution in [2.24, 2.45) is 0 Å². The number of benzene rings is 2. The van der Waals surface area contributed by atoms with Gasteiger partial charge in [-0.05, 0) is 35.9 Å². The SMILES string of the molecule is CC(C)c1nc2ccccc2n1-c1ccc2c(c1)CNC(=O)N2. The second kappa shape index (κ2) is 5.12. The van der Waals surface area contributed by atoms with Crippen molar-refractivity contribution in [3.05, 3.63) is 53.9 Å². The Kier molecular flexibility index (Phi) is 3.08. The molecule has 2 aromatic carbocycles. The Balaban J connectivity index is 1.92. The summed E-state index contributed by atoms with van der Waals surface area (Å²) in [4.78, 5) is 16.2. The smallest absolute Gasteiger partial charge is 0.319 e. The highest BCUT2D eigenvalue weighted by molar-refractivity contribution is 5.92. The van der Waals surface area contributed by atoms with E-state index in [-0.39, 0.29) is 6.03 Å². The van der Waals surface area contributed by atoms with E-state index < -0.39 is 0 Å². The summed E-state index contributed by atoms with van der Waals surface area (Å²) in [5, 5.41) is 5.64. The van der Waals surface area contributed by atoms with E-state index in [1.165, 1.54) is 0 Å². The minimum absolute atomic E-state index is 0.152. The van der Waals surface area contributed by atoms with Crippen LogP contribution in [0.15, 0.2) is 42.5 Å². The van der Waals surface area contributed by atoms with E-state index in [0.717, 1.165) is 33.8 Å². The molecule has 5 heteroatoms. The Hall–Kier alpha value is -2.82. The third-order valence-corrected chi connectivity index (χ3v) is 4.14. The summed E-state index contributed by atoms with van der Waals surface area (Å²) in [7, 11) is 0. The molecule has 1 aromatic heterocycles. The van der Waals surface area contributed by atoms with Gasteiger partial charge in [-0.25, -0.2) is 9.78 Å². The molecule has 0 aliphatic carbocycles. The predicted molar refractivity (Wildman–Crippen MR) is 91.0 cm³/mol.